The van der Waals surface area contributed by atoms with Crippen LogP contribution in [0.2, 0.25) is 0 Å². The third-order valence-electron chi connectivity index (χ3n) is 4.38. The zero-order valence-electron chi connectivity index (χ0n) is 14.1. The first-order valence-corrected chi connectivity index (χ1v) is 8.13. The monoisotopic (exact) mass is 316 g/mol. The van der Waals surface area contributed by atoms with E-state index in [0.29, 0.717) is 19.3 Å². The summed E-state index contributed by atoms with van der Waals surface area (Å²) in [6.07, 6.45) is 1.45. The fraction of sp³-hybridized carbons (Fsp3) is 0.474. The molecule has 2 rings (SSSR count). The molecule has 0 fully saturated rings. The van der Waals surface area contributed by atoms with Crippen LogP contribution in [0.5, 0.6) is 0 Å². The van der Waals surface area contributed by atoms with E-state index in [1.807, 2.05) is 30.3 Å². The van der Waals surface area contributed by atoms with E-state index in [4.69, 9.17) is 9.47 Å². The fourth-order valence-corrected chi connectivity index (χ4v) is 3.05. The summed E-state index contributed by atoms with van der Waals surface area (Å²) in [4.78, 5) is 25.1. The molecule has 1 aliphatic carbocycles. The number of hydrogen-bond acceptors (Lipinski definition) is 4. The maximum Gasteiger partial charge on any atom is 0.323 e. The van der Waals surface area contributed by atoms with Gasteiger partial charge in [0.1, 0.15) is 0 Å². The average Bonchev–Trinajstić information content (AvgIpc) is 2.56. The molecule has 0 saturated carbocycles. The number of esters is 2. The Hall–Kier alpha value is -2.10. The summed E-state index contributed by atoms with van der Waals surface area (Å²) in [5.41, 5.74) is 2.07. The Morgan fingerprint density at radius 2 is 1.61 bits per heavy atom. The van der Waals surface area contributed by atoms with E-state index in [9.17, 15) is 9.59 Å². The van der Waals surface area contributed by atoms with Crippen molar-refractivity contribution in [1.29, 1.82) is 0 Å². The molecule has 1 aromatic rings. The van der Waals surface area contributed by atoms with E-state index in [1.54, 1.807) is 13.8 Å². The highest BCUT2D eigenvalue weighted by Gasteiger charge is 2.50. The van der Waals surface area contributed by atoms with E-state index in [2.05, 4.69) is 6.92 Å². The molecular formula is C19H24O4. The lowest BCUT2D eigenvalue weighted by molar-refractivity contribution is -0.172. The van der Waals surface area contributed by atoms with Crippen LogP contribution < -0.4 is 0 Å². The van der Waals surface area contributed by atoms with Crippen LogP contribution in [0.4, 0.5) is 0 Å². The highest BCUT2D eigenvalue weighted by Crippen LogP contribution is 2.45. The molecular weight excluding hydrogens is 292 g/mol. The molecule has 0 N–H and O–H groups in total. The molecule has 124 valence electrons. The van der Waals surface area contributed by atoms with Crippen molar-refractivity contribution >= 4 is 17.5 Å². The topological polar surface area (TPSA) is 52.6 Å². The zero-order chi connectivity index (χ0) is 16.9. The number of carbonyl (C=O) groups excluding carboxylic acids is 2. The summed E-state index contributed by atoms with van der Waals surface area (Å²) in [6.45, 7) is 6.06. The summed E-state index contributed by atoms with van der Waals surface area (Å²) in [5, 5.41) is 0. The smallest absolute Gasteiger partial charge is 0.323 e. The quantitative estimate of drug-likeness (QED) is 0.613. The van der Waals surface area contributed by atoms with Crippen molar-refractivity contribution in [3.63, 3.8) is 0 Å². The third kappa shape index (κ3) is 3.46. The highest BCUT2D eigenvalue weighted by atomic mass is 16.6. The summed E-state index contributed by atoms with van der Waals surface area (Å²) < 4.78 is 10.4. The minimum Gasteiger partial charge on any atom is -0.465 e. The van der Waals surface area contributed by atoms with Gasteiger partial charge < -0.3 is 9.47 Å². The standard InChI is InChI=1S/C19H24O4/c1-4-22-17(20)19(18(21)23-5-2)12-11-14(3)16(13-19)15-9-7-6-8-10-15/h6-10H,4-5,11-13H2,1-3H3. The predicted molar refractivity (Wildman–Crippen MR) is 88.6 cm³/mol. The van der Waals surface area contributed by atoms with Crippen molar-refractivity contribution in [1.82, 2.24) is 0 Å². The van der Waals surface area contributed by atoms with E-state index >= 15 is 0 Å². The van der Waals surface area contributed by atoms with E-state index in [-0.39, 0.29) is 13.2 Å². The van der Waals surface area contributed by atoms with Gasteiger partial charge in [-0.05, 0) is 51.2 Å². The molecule has 1 aliphatic rings. The molecule has 0 aromatic heterocycles. The predicted octanol–water partition coefficient (Wildman–Crippen LogP) is 3.76. The Morgan fingerprint density at radius 1 is 1.04 bits per heavy atom. The Kier molecular flexibility index (Phi) is 5.59. The Balaban J connectivity index is 2.42. The first-order chi connectivity index (χ1) is 11.0. The van der Waals surface area contributed by atoms with Gasteiger partial charge in [-0.15, -0.1) is 0 Å². The lowest BCUT2D eigenvalue weighted by atomic mass is 9.70. The van der Waals surface area contributed by atoms with Crippen molar-refractivity contribution in [2.75, 3.05) is 13.2 Å². The third-order valence-corrected chi connectivity index (χ3v) is 4.38. The minimum absolute atomic E-state index is 0.253. The normalized spacial score (nSPS) is 16.8. The molecule has 4 nitrogen and oxygen atoms in total. The molecule has 0 bridgehead atoms. The number of benzene rings is 1. The van der Waals surface area contributed by atoms with Crippen LogP contribution in [0, 0.1) is 5.41 Å². The summed E-state index contributed by atoms with van der Waals surface area (Å²) >= 11 is 0. The molecule has 0 heterocycles. The highest BCUT2D eigenvalue weighted by molar-refractivity contribution is 6.02. The van der Waals surface area contributed by atoms with Crippen molar-refractivity contribution in [2.45, 2.75) is 40.0 Å². The lowest BCUT2D eigenvalue weighted by Crippen LogP contribution is -2.44. The molecule has 1 aromatic carbocycles. The summed E-state index contributed by atoms with van der Waals surface area (Å²) in [5.74, 6) is -0.946. The maximum atomic E-state index is 12.6. The van der Waals surface area contributed by atoms with Crippen molar-refractivity contribution < 1.29 is 19.1 Å². The second-order valence-corrected chi connectivity index (χ2v) is 5.82. The number of rotatable bonds is 5. The molecule has 0 radical (unpaired) electrons. The van der Waals surface area contributed by atoms with Crippen LogP contribution in [0.15, 0.2) is 35.9 Å². The average molecular weight is 316 g/mol. The fourth-order valence-electron chi connectivity index (χ4n) is 3.05. The molecule has 0 unspecified atom stereocenters. The molecule has 0 saturated heterocycles. The molecule has 23 heavy (non-hydrogen) atoms. The Morgan fingerprint density at radius 3 is 2.13 bits per heavy atom. The van der Waals surface area contributed by atoms with Crippen molar-refractivity contribution in [3.8, 4) is 0 Å². The van der Waals surface area contributed by atoms with Gasteiger partial charge in [0.25, 0.3) is 0 Å². The zero-order valence-corrected chi connectivity index (χ0v) is 14.1. The van der Waals surface area contributed by atoms with E-state index in [0.717, 1.165) is 11.1 Å². The van der Waals surface area contributed by atoms with Crippen LogP contribution >= 0.6 is 0 Å². The molecule has 0 atom stereocenters. The van der Waals surface area contributed by atoms with Gasteiger partial charge >= 0.3 is 11.9 Å². The SMILES string of the molecule is CCOC(=O)C1(C(=O)OCC)CCC(C)=C(c2ccccc2)C1. The first kappa shape index (κ1) is 17.3. The van der Waals surface area contributed by atoms with Gasteiger partial charge in [0.2, 0.25) is 0 Å². The van der Waals surface area contributed by atoms with Crippen molar-refractivity contribution in [2.24, 2.45) is 5.41 Å². The van der Waals surface area contributed by atoms with Crippen LogP contribution in [0.25, 0.3) is 5.57 Å². The van der Waals surface area contributed by atoms with Crippen LogP contribution in [-0.4, -0.2) is 25.2 Å². The second kappa shape index (κ2) is 7.44. The molecule has 0 amide bonds. The van der Waals surface area contributed by atoms with Crippen LogP contribution in [0.3, 0.4) is 0 Å². The molecule has 4 heteroatoms. The number of hydrogen-bond donors (Lipinski definition) is 0. The summed E-state index contributed by atoms with van der Waals surface area (Å²) in [6, 6.07) is 9.88. The van der Waals surface area contributed by atoms with Crippen LogP contribution in [0.1, 0.15) is 45.6 Å². The van der Waals surface area contributed by atoms with Gasteiger partial charge in [-0.25, -0.2) is 0 Å². The Labute approximate surface area is 137 Å². The van der Waals surface area contributed by atoms with Gasteiger partial charge in [-0.2, -0.15) is 0 Å². The minimum atomic E-state index is -1.23. The molecule has 0 spiro atoms. The van der Waals surface area contributed by atoms with E-state index < -0.39 is 17.4 Å². The van der Waals surface area contributed by atoms with Crippen LogP contribution in [-0.2, 0) is 19.1 Å². The van der Waals surface area contributed by atoms with Gasteiger partial charge in [0, 0.05) is 0 Å². The number of ether oxygens (including phenoxy) is 2. The van der Waals surface area contributed by atoms with Crippen molar-refractivity contribution in [3.05, 3.63) is 41.5 Å². The van der Waals surface area contributed by atoms with Gasteiger partial charge in [0.15, 0.2) is 5.41 Å². The molecule has 0 aliphatic heterocycles. The first-order valence-electron chi connectivity index (χ1n) is 8.13. The maximum absolute atomic E-state index is 12.6. The second-order valence-electron chi connectivity index (χ2n) is 5.82. The lowest BCUT2D eigenvalue weighted by Gasteiger charge is -2.34. The Bertz CT molecular complexity index is 583. The van der Waals surface area contributed by atoms with Gasteiger partial charge in [-0.1, -0.05) is 35.9 Å². The number of allylic oxidation sites excluding steroid dienone is 2. The summed E-state index contributed by atoms with van der Waals surface area (Å²) in [7, 11) is 0. The van der Waals surface area contributed by atoms with Gasteiger partial charge in [-0.3, -0.25) is 9.59 Å². The van der Waals surface area contributed by atoms with Gasteiger partial charge in [0.05, 0.1) is 13.2 Å². The number of carbonyl (C=O) groups is 2. The van der Waals surface area contributed by atoms with E-state index in [1.165, 1.54) is 5.57 Å². The largest absolute Gasteiger partial charge is 0.465 e.